The molecule has 0 fully saturated rings. The number of nitriles is 2. The van der Waals surface area contributed by atoms with Crippen LogP contribution in [0.4, 0.5) is 0 Å². The van der Waals surface area contributed by atoms with Crippen LogP contribution in [0.1, 0.15) is 11.1 Å². The summed E-state index contributed by atoms with van der Waals surface area (Å²) in [5, 5.41) is 18.4. The van der Waals surface area contributed by atoms with Gasteiger partial charge in [-0.2, -0.15) is 10.5 Å². The van der Waals surface area contributed by atoms with Gasteiger partial charge in [-0.1, -0.05) is 12.1 Å². The van der Waals surface area contributed by atoms with E-state index in [-0.39, 0.29) is 0 Å². The highest BCUT2D eigenvalue weighted by Crippen LogP contribution is 2.21. The van der Waals surface area contributed by atoms with E-state index in [1.54, 1.807) is 12.3 Å². The molecule has 2 aromatic rings. The second-order valence-electron chi connectivity index (χ2n) is 2.99. The average molecular weight is 181 g/mol. The number of nitrogens with zero attached hydrogens (tertiary/aromatic N) is 2. The van der Waals surface area contributed by atoms with E-state index in [0.717, 1.165) is 16.5 Å². The second kappa shape index (κ2) is 3.24. The first kappa shape index (κ1) is 8.34. The van der Waals surface area contributed by atoms with Crippen LogP contribution >= 0.6 is 0 Å². The highest BCUT2D eigenvalue weighted by molar-refractivity contribution is 5.88. The average Bonchev–Trinajstić information content (AvgIpc) is 2.62. The highest BCUT2D eigenvalue weighted by atomic mass is 14.7. The van der Waals surface area contributed by atoms with E-state index in [1.807, 2.05) is 12.1 Å². The fourth-order valence-corrected chi connectivity index (χ4v) is 1.54. The molecule has 3 heteroatoms. The van der Waals surface area contributed by atoms with Crippen LogP contribution in [-0.4, -0.2) is 4.98 Å². The highest BCUT2D eigenvalue weighted by Gasteiger charge is 2.05. The monoisotopic (exact) mass is 181 g/mol. The number of benzene rings is 1. The minimum atomic E-state index is 0.370. The predicted molar refractivity (Wildman–Crippen MR) is 52.3 cm³/mol. The zero-order chi connectivity index (χ0) is 9.97. The molecule has 0 bridgehead atoms. The van der Waals surface area contributed by atoms with Crippen LogP contribution in [-0.2, 0) is 6.42 Å². The van der Waals surface area contributed by atoms with E-state index in [0.29, 0.717) is 12.0 Å². The van der Waals surface area contributed by atoms with Crippen molar-refractivity contribution in [3.63, 3.8) is 0 Å². The van der Waals surface area contributed by atoms with Gasteiger partial charge in [0.15, 0.2) is 0 Å². The van der Waals surface area contributed by atoms with Gasteiger partial charge in [0.2, 0.25) is 0 Å². The second-order valence-corrected chi connectivity index (χ2v) is 2.99. The van der Waals surface area contributed by atoms with E-state index in [4.69, 9.17) is 10.5 Å². The Morgan fingerprint density at radius 2 is 2.14 bits per heavy atom. The maximum absolute atomic E-state index is 8.84. The van der Waals surface area contributed by atoms with Crippen molar-refractivity contribution in [2.24, 2.45) is 0 Å². The Balaban J connectivity index is 2.72. The maximum atomic E-state index is 8.84. The van der Waals surface area contributed by atoms with E-state index in [1.165, 1.54) is 0 Å². The molecule has 1 aromatic heterocycles. The fraction of sp³-hybridized carbons (Fsp3) is 0.0909. The Hall–Kier alpha value is -2.26. The Kier molecular flexibility index (Phi) is 1.93. The third kappa shape index (κ3) is 1.12. The zero-order valence-corrected chi connectivity index (χ0v) is 7.41. The van der Waals surface area contributed by atoms with Crippen LogP contribution in [0.3, 0.4) is 0 Å². The molecule has 2 rings (SSSR count). The molecule has 0 atom stereocenters. The SMILES string of the molecule is N#CCc1c[nH]c2c(C#N)cccc12. The third-order valence-electron chi connectivity index (χ3n) is 2.19. The van der Waals surface area contributed by atoms with Gasteiger partial charge in [0.25, 0.3) is 0 Å². The number of para-hydroxylation sites is 1. The molecular weight excluding hydrogens is 174 g/mol. The predicted octanol–water partition coefficient (Wildman–Crippen LogP) is 2.11. The smallest absolute Gasteiger partial charge is 0.101 e. The summed E-state index contributed by atoms with van der Waals surface area (Å²) in [6.07, 6.45) is 2.16. The number of hydrogen-bond donors (Lipinski definition) is 1. The topological polar surface area (TPSA) is 63.4 Å². The summed E-state index contributed by atoms with van der Waals surface area (Å²) in [5.41, 5.74) is 2.38. The molecule has 0 aliphatic rings. The Labute approximate surface area is 81.2 Å². The van der Waals surface area contributed by atoms with Gasteiger partial charge in [-0.15, -0.1) is 0 Å². The van der Waals surface area contributed by atoms with Gasteiger partial charge < -0.3 is 4.98 Å². The lowest BCUT2D eigenvalue weighted by atomic mass is 10.1. The molecule has 0 saturated carbocycles. The van der Waals surface area contributed by atoms with Crippen LogP contribution in [0.15, 0.2) is 24.4 Å². The summed E-state index contributed by atoms with van der Waals surface area (Å²) in [4.78, 5) is 3.02. The summed E-state index contributed by atoms with van der Waals surface area (Å²) in [6, 6.07) is 9.71. The molecule has 0 radical (unpaired) electrons. The standard InChI is InChI=1S/C11H7N3/c12-5-4-9-7-14-11-8(6-13)2-1-3-10(9)11/h1-3,7,14H,4H2. The quantitative estimate of drug-likeness (QED) is 0.732. The van der Waals surface area contributed by atoms with E-state index < -0.39 is 0 Å². The van der Waals surface area contributed by atoms with Crippen molar-refractivity contribution in [2.45, 2.75) is 6.42 Å². The molecule has 0 saturated heterocycles. The maximum Gasteiger partial charge on any atom is 0.101 e. The summed E-state index contributed by atoms with van der Waals surface area (Å²) in [7, 11) is 0. The zero-order valence-electron chi connectivity index (χ0n) is 7.41. The molecule has 0 aliphatic heterocycles. The van der Waals surface area contributed by atoms with Gasteiger partial charge in [0.1, 0.15) is 6.07 Å². The van der Waals surface area contributed by atoms with E-state index in [2.05, 4.69) is 17.1 Å². The largest absolute Gasteiger partial charge is 0.360 e. The van der Waals surface area contributed by atoms with E-state index >= 15 is 0 Å². The summed E-state index contributed by atoms with van der Waals surface area (Å²) >= 11 is 0. The number of nitrogens with one attached hydrogen (secondary N) is 1. The Bertz CT molecular complexity index is 552. The van der Waals surface area contributed by atoms with Crippen molar-refractivity contribution in [1.29, 1.82) is 10.5 Å². The Morgan fingerprint density at radius 3 is 2.86 bits per heavy atom. The van der Waals surface area contributed by atoms with Crippen molar-refractivity contribution in [3.05, 3.63) is 35.5 Å². The van der Waals surface area contributed by atoms with Crippen molar-refractivity contribution < 1.29 is 0 Å². The number of aromatic nitrogens is 1. The molecule has 0 aliphatic carbocycles. The fourth-order valence-electron chi connectivity index (χ4n) is 1.54. The third-order valence-corrected chi connectivity index (χ3v) is 2.19. The molecule has 66 valence electrons. The van der Waals surface area contributed by atoms with Crippen LogP contribution in [0.2, 0.25) is 0 Å². The van der Waals surface area contributed by atoms with Gasteiger partial charge in [-0.3, -0.25) is 0 Å². The summed E-state index contributed by atoms with van der Waals surface area (Å²) in [5.74, 6) is 0. The van der Waals surface area contributed by atoms with E-state index in [9.17, 15) is 0 Å². The lowest BCUT2D eigenvalue weighted by molar-refractivity contribution is 1.28. The lowest BCUT2D eigenvalue weighted by Crippen LogP contribution is -1.79. The normalized spacial score (nSPS) is 9.57. The first-order chi connectivity index (χ1) is 6.86. The summed E-state index contributed by atoms with van der Waals surface area (Å²) < 4.78 is 0. The minimum absolute atomic E-state index is 0.370. The van der Waals surface area contributed by atoms with Crippen molar-refractivity contribution in [3.8, 4) is 12.1 Å². The first-order valence-electron chi connectivity index (χ1n) is 4.23. The van der Waals surface area contributed by atoms with Crippen LogP contribution in [0.5, 0.6) is 0 Å². The molecule has 0 unspecified atom stereocenters. The first-order valence-corrected chi connectivity index (χ1v) is 4.23. The van der Waals surface area contributed by atoms with Gasteiger partial charge in [0, 0.05) is 11.6 Å². The van der Waals surface area contributed by atoms with Gasteiger partial charge in [0.05, 0.1) is 23.6 Å². The minimum Gasteiger partial charge on any atom is -0.360 e. The number of hydrogen-bond acceptors (Lipinski definition) is 2. The number of H-pyrrole nitrogens is 1. The number of aromatic amines is 1. The van der Waals surface area contributed by atoms with Crippen LogP contribution < -0.4 is 0 Å². The molecule has 1 heterocycles. The van der Waals surface area contributed by atoms with Gasteiger partial charge in [-0.25, -0.2) is 0 Å². The molecular formula is C11H7N3. The Morgan fingerprint density at radius 1 is 1.29 bits per heavy atom. The molecule has 0 amide bonds. The van der Waals surface area contributed by atoms with Crippen LogP contribution in [0.25, 0.3) is 10.9 Å². The van der Waals surface area contributed by atoms with Gasteiger partial charge >= 0.3 is 0 Å². The molecule has 1 N–H and O–H groups in total. The molecule has 1 aromatic carbocycles. The van der Waals surface area contributed by atoms with Crippen molar-refractivity contribution in [2.75, 3.05) is 0 Å². The molecule has 0 spiro atoms. The molecule has 14 heavy (non-hydrogen) atoms. The number of fused-ring (bicyclic) bond motifs is 1. The van der Waals surface area contributed by atoms with Crippen LogP contribution in [0, 0.1) is 22.7 Å². The molecule has 3 nitrogen and oxygen atoms in total. The number of rotatable bonds is 1. The lowest BCUT2D eigenvalue weighted by Gasteiger charge is -1.93. The van der Waals surface area contributed by atoms with Crippen molar-refractivity contribution in [1.82, 2.24) is 4.98 Å². The summed E-state index contributed by atoms with van der Waals surface area (Å²) in [6.45, 7) is 0. The van der Waals surface area contributed by atoms with Gasteiger partial charge in [-0.05, 0) is 11.6 Å². The van der Waals surface area contributed by atoms with Crippen molar-refractivity contribution >= 4 is 10.9 Å².